The Hall–Kier alpha value is -0.480. The normalized spacial score (nSPS) is 13.2. The van der Waals surface area contributed by atoms with E-state index in [4.69, 9.17) is 0 Å². The molecule has 0 fully saturated rings. The molecule has 1 N–H and O–H groups in total. The predicted octanol–water partition coefficient (Wildman–Crippen LogP) is 1.30. The predicted molar refractivity (Wildman–Crippen MR) is 51.2 cm³/mol. The van der Waals surface area contributed by atoms with Gasteiger partial charge >= 0.3 is 0 Å². The van der Waals surface area contributed by atoms with Gasteiger partial charge in [0, 0.05) is 24.1 Å². The Labute approximate surface area is 76.8 Å². The lowest BCUT2D eigenvalue weighted by atomic mass is 10.2. The number of aliphatic hydroxyl groups excluding tert-OH is 1. The molecule has 0 aromatic carbocycles. The number of aliphatic hydroxyl groups is 1. The van der Waals surface area contributed by atoms with Crippen LogP contribution in [0.2, 0.25) is 0 Å². The van der Waals surface area contributed by atoms with Gasteiger partial charge in [0.15, 0.2) is 0 Å². The molecule has 12 heavy (non-hydrogen) atoms. The second-order valence-electron chi connectivity index (χ2n) is 2.71. The van der Waals surface area contributed by atoms with Crippen LogP contribution in [0.4, 0.5) is 0 Å². The Morgan fingerprint density at radius 1 is 1.75 bits per heavy atom. The highest BCUT2D eigenvalue weighted by molar-refractivity contribution is 7.98. The molecular weight excluding hydrogens is 172 g/mol. The molecule has 0 aliphatic rings. The van der Waals surface area contributed by atoms with Gasteiger partial charge in [-0.3, -0.25) is 4.68 Å². The van der Waals surface area contributed by atoms with Crippen LogP contribution in [0.1, 0.15) is 18.6 Å². The Morgan fingerprint density at radius 2 is 2.50 bits per heavy atom. The van der Waals surface area contributed by atoms with Crippen LogP contribution in [-0.2, 0) is 6.54 Å². The molecule has 1 aromatic rings. The van der Waals surface area contributed by atoms with Crippen molar-refractivity contribution in [1.29, 1.82) is 0 Å². The zero-order valence-corrected chi connectivity index (χ0v) is 8.21. The zero-order valence-electron chi connectivity index (χ0n) is 7.40. The second-order valence-corrected chi connectivity index (χ2v) is 3.69. The number of hydrogen-bond acceptors (Lipinski definition) is 3. The SMILES string of the molecule is CSCCn1cc(C(C)O)cn1. The molecule has 1 heterocycles. The van der Waals surface area contributed by atoms with Crippen molar-refractivity contribution < 1.29 is 5.11 Å². The first kappa shape index (κ1) is 9.61. The van der Waals surface area contributed by atoms with E-state index in [0.717, 1.165) is 17.9 Å². The summed E-state index contributed by atoms with van der Waals surface area (Å²) in [5.74, 6) is 1.06. The summed E-state index contributed by atoms with van der Waals surface area (Å²) >= 11 is 1.79. The standard InChI is InChI=1S/C8H14N2OS/c1-7(11)8-5-9-10(6-8)3-4-12-2/h5-7,11H,3-4H2,1-2H3. The maximum atomic E-state index is 9.20. The molecule has 1 atom stereocenters. The number of nitrogens with zero attached hydrogens (tertiary/aromatic N) is 2. The quantitative estimate of drug-likeness (QED) is 0.770. The van der Waals surface area contributed by atoms with Crippen LogP contribution in [0.15, 0.2) is 12.4 Å². The van der Waals surface area contributed by atoms with Crippen molar-refractivity contribution in [2.75, 3.05) is 12.0 Å². The van der Waals surface area contributed by atoms with Gasteiger partial charge in [0.1, 0.15) is 0 Å². The largest absolute Gasteiger partial charge is 0.389 e. The fraction of sp³-hybridized carbons (Fsp3) is 0.625. The van der Waals surface area contributed by atoms with Crippen molar-refractivity contribution in [2.24, 2.45) is 0 Å². The molecule has 4 heteroatoms. The van der Waals surface area contributed by atoms with Crippen LogP contribution in [0.3, 0.4) is 0 Å². The molecule has 0 amide bonds. The summed E-state index contributed by atoms with van der Waals surface area (Å²) in [4.78, 5) is 0. The van der Waals surface area contributed by atoms with Gasteiger partial charge in [-0.05, 0) is 13.2 Å². The van der Waals surface area contributed by atoms with Crippen molar-refractivity contribution in [2.45, 2.75) is 19.6 Å². The zero-order chi connectivity index (χ0) is 8.97. The topological polar surface area (TPSA) is 38.0 Å². The van der Waals surface area contributed by atoms with E-state index >= 15 is 0 Å². The van der Waals surface area contributed by atoms with E-state index in [2.05, 4.69) is 11.4 Å². The lowest BCUT2D eigenvalue weighted by Crippen LogP contribution is -2.00. The maximum absolute atomic E-state index is 9.20. The average molecular weight is 186 g/mol. The van der Waals surface area contributed by atoms with Crippen molar-refractivity contribution in [3.8, 4) is 0 Å². The van der Waals surface area contributed by atoms with E-state index < -0.39 is 6.10 Å². The molecule has 0 saturated heterocycles. The molecule has 3 nitrogen and oxygen atoms in total. The fourth-order valence-electron chi connectivity index (χ4n) is 0.902. The van der Waals surface area contributed by atoms with Crippen LogP contribution in [0, 0.1) is 0 Å². The summed E-state index contributed by atoms with van der Waals surface area (Å²) in [7, 11) is 0. The van der Waals surface area contributed by atoms with Crippen LogP contribution in [0.25, 0.3) is 0 Å². The Kier molecular flexibility index (Phi) is 3.62. The molecule has 0 saturated carbocycles. The van der Waals surface area contributed by atoms with Crippen molar-refractivity contribution in [3.05, 3.63) is 18.0 Å². The first-order valence-electron chi connectivity index (χ1n) is 3.93. The van der Waals surface area contributed by atoms with Gasteiger partial charge in [-0.15, -0.1) is 0 Å². The summed E-state index contributed by atoms with van der Waals surface area (Å²) in [6.07, 6.45) is 5.26. The van der Waals surface area contributed by atoms with E-state index in [1.807, 2.05) is 10.9 Å². The first-order valence-corrected chi connectivity index (χ1v) is 5.32. The molecule has 0 aliphatic carbocycles. The summed E-state index contributed by atoms with van der Waals surface area (Å²) in [5.41, 5.74) is 0.885. The van der Waals surface area contributed by atoms with Gasteiger partial charge in [-0.1, -0.05) is 0 Å². The number of rotatable bonds is 4. The highest BCUT2D eigenvalue weighted by Gasteiger charge is 2.02. The minimum absolute atomic E-state index is 0.409. The third-order valence-corrected chi connectivity index (χ3v) is 2.25. The van der Waals surface area contributed by atoms with Gasteiger partial charge < -0.3 is 5.11 Å². The van der Waals surface area contributed by atoms with E-state index in [9.17, 15) is 5.11 Å². The molecule has 1 aromatic heterocycles. The number of aromatic nitrogens is 2. The number of aryl methyl sites for hydroxylation is 1. The molecule has 0 bridgehead atoms. The maximum Gasteiger partial charge on any atom is 0.0792 e. The van der Waals surface area contributed by atoms with E-state index in [-0.39, 0.29) is 0 Å². The highest BCUT2D eigenvalue weighted by atomic mass is 32.2. The molecule has 1 rings (SSSR count). The van der Waals surface area contributed by atoms with E-state index in [1.165, 1.54) is 0 Å². The second kappa shape index (κ2) is 4.52. The Bertz CT molecular complexity index is 235. The summed E-state index contributed by atoms with van der Waals surface area (Å²) < 4.78 is 1.86. The summed E-state index contributed by atoms with van der Waals surface area (Å²) in [5, 5.41) is 13.3. The lowest BCUT2D eigenvalue weighted by Gasteiger charge is -1.98. The minimum atomic E-state index is -0.409. The van der Waals surface area contributed by atoms with Gasteiger partial charge in [-0.2, -0.15) is 16.9 Å². The van der Waals surface area contributed by atoms with Crippen molar-refractivity contribution in [3.63, 3.8) is 0 Å². The number of hydrogen-bond donors (Lipinski definition) is 1. The Balaban J connectivity index is 2.52. The number of thioether (sulfide) groups is 1. The monoisotopic (exact) mass is 186 g/mol. The molecular formula is C8H14N2OS. The molecule has 0 aliphatic heterocycles. The van der Waals surface area contributed by atoms with Crippen LogP contribution < -0.4 is 0 Å². The molecule has 0 spiro atoms. The van der Waals surface area contributed by atoms with Gasteiger partial charge in [0.2, 0.25) is 0 Å². The fourth-order valence-corrected chi connectivity index (χ4v) is 1.27. The third kappa shape index (κ3) is 2.53. The van der Waals surface area contributed by atoms with Crippen LogP contribution in [0.5, 0.6) is 0 Å². The van der Waals surface area contributed by atoms with Crippen LogP contribution in [-0.4, -0.2) is 26.9 Å². The molecule has 1 unspecified atom stereocenters. The van der Waals surface area contributed by atoms with Crippen molar-refractivity contribution >= 4 is 11.8 Å². The lowest BCUT2D eigenvalue weighted by molar-refractivity contribution is 0.199. The highest BCUT2D eigenvalue weighted by Crippen LogP contribution is 2.09. The van der Waals surface area contributed by atoms with Crippen molar-refractivity contribution in [1.82, 2.24) is 9.78 Å². The summed E-state index contributed by atoms with van der Waals surface area (Å²) in [6.45, 7) is 2.66. The van der Waals surface area contributed by atoms with Gasteiger partial charge in [0.05, 0.1) is 12.3 Å². The third-order valence-electron chi connectivity index (χ3n) is 1.66. The molecule has 68 valence electrons. The molecule has 0 radical (unpaired) electrons. The van der Waals surface area contributed by atoms with Gasteiger partial charge in [0.25, 0.3) is 0 Å². The minimum Gasteiger partial charge on any atom is -0.389 e. The Morgan fingerprint density at radius 3 is 3.00 bits per heavy atom. The van der Waals surface area contributed by atoms with Gasteiger partial charge in [-0.25, -0.2) is 0 Å². The first-order chi connectivity index (χ1) is 5.74. The van der Waals surface area contributed by atoms with Crippen LogP contribution >= 0.6 is 11.8 Å². The smallest absolute Gasteiger partial charge is 0.0792 e. The van der Waals surface area contributed by atoms with E-state index in [1.54, 1.807) is 24.9 Å². The van der Waals surface area contributed by atoms with E-state index in [0.29, 0.717) is 0 Å². The summed E-state index contributed by atoms with van der Waals surface area (Å²) in [6, 6.07) is 0. The average Bonchev–Trinajstić information content (AvgIpc) is 2.48.